The lowest BCUT2D eigenvalue weighted by Gasteiger charge is -2.14. The van der Waals surface area contributed by atoms with Crippen LogP contribution in [0, 0.1) is 6.92 Å². The van der Waals surface area contributed by atoms with Gasteiger partial charge in [-0.15, -0.1) is 4.37 Å². The summed E-state index contributed by atoms with van der Waals surface area (Å²) in [5, 5.41) is 13.0. The number of hydrogen-bond donors (Lipinski definition) is 2. The van der Waals surface area contributed by atoms with Crippen molar-refractivity contribution in [2.45, 2.75) is 13.0 Å². The molecule has 7 heteroatoms. The fraction of sp³-hybridized carbons (Fsp3) is 0.333. The number of anilines is 1. The van der Waals surface area contributed by atoms with Gasteiger partial charge >= 0.3 is 0 Å². The summed E-state index contributed by atoms with van der Waals surface area (Å²) in [4.78, 5) is 0. The number of hydrogen-bond acceptors (Lipinski definition) is 6. The van der Waals surface area contributed by atoms with Gasteiger partial charge in [-0.2, -0.15) is 4.37 Å². The molecule has 2 rings (SSSR count). The average molecular weight is 344 g/mol. The minimum atomic E-state index is -0.611. The minimum Gasteiger partial charge on any atom is -0.473 e. The van der Waals surface area contributed by atoms with E-state index < -0.39 is 6.10 Å². The smallest absolute Gasteiger partial charge is 0.245 e. The second-order valence-corrected chi connectivity index (χ2v) is 5.52. The Bertz CT molecular complexity index is 522. The summed E-state index contributed by atoms with van der Waals surface area (Å²) in [7, 11) is 0. The van der Waals surface area contributed by atoms with Gasteiger partial charge < -0.3 is 15.2 Å². The Morgan fingerprint density at radius 3 is 3.11 bits per heavy atom. The second-order valence-electron chi connectivity index (χ2n) is 4.05. The van der Waals surface area contributed by atoms with Crippen molar-refractivity contribution in [3.8, 4) is 5.88 Å². The van der Waals surface area contributed by atoms with Crippen molar-refractivity contribution in [2.24, 2.45) is 0 Å². The standard InChI is InChI=1S/C12H14BrN3O2S/c1-8-2-3-9(13)4-11(8)14-5-10(17)7-18-12-6-15-19-16-12/h2-4,6,10,14,17H,5,7H2,1H3. The van der Waals surface area contributed by atoms with Crippen molar-refractivity contribution in [3.63, 3.8) is 0 Å². The van der Waals surface area contributed by atoms with E-state index in [1.165, 1.54) is 6.20 Å². The van der Waals surface area contributed by atoms with E-state index in [0.29, 0.717) is 12.4 Å². The van der Waals surface area contributed by atoms with E-state index in [1.54, 1.807) is 0 Å². The molecule has 0 saturated carbocycles. The molecule has 0 fully saturated rings. The van der Waals surface area contributed by atoms with Crippen molar-refractivity contribution >= 4 is 33.3 Å². The van der Waals surface area contributed by atoms with Crippen molar-refractivity contribution < 1.29 is 9.84 Å². The van der Waals surface area contributed by atoms with Gasteiger partial charge in [0.15, 0.2) is 0 Å². The molecular weight excluding hydrogens is 330 g/mol. The molecule has 0 spiro atoms. The Kier molecular flexibility index (Phi) is 5.12. The number of aliphatic hydroxyl groups is 1. The van der Waals surface area contributed by atoms with Gasteiger partial charge in [0, 0.05) is 16.7 Å². The first-order valence-corrected chi connectivity index (χ1v) is 7.26. The van der Waals surface area contributed by atoms with Crippen LogP contribution in [0.2, 0.25) is 0 Å². The van der Waals surface area contributed by atoms with Crippen molar-refractivity contribution in [3.05, 3.63) is 34.4 Å². The third kappa shape index (κ3) is 4.45. The number of rotatable bonds is 6. The van der Waals surface area contributed by atoms with Crippen LogP contribution in [0.3, 0.4) is 0 Å². The SMILES string of the molecule is Cc1ccc(Br)cc1NCC(O)COc1cnsn1. The Balaban J connectivity index is 1.79. The summed E-state index contributed by atoms with van der Waals surface area (Å²) in [6.45, 7) is 2.61. The lowest BCUT2D eigenvalue weighted by atomic mass is 10.2. The summed E-state index contributed by atoms with van der Waals surface area (Å²) in [6, 6.07) is 5.97. The zero-order valence-corrected chi connectivity index (χ0v) is 12.7. The van der Waals surface area contributed by atoms with Crippen molar-refractivity contribution in [1.29, 1.82) is 0 Å². The number of aromatic nitrogens is 2. The van der Waals surface area contributed by atoms with Crippen LogP contribution in [0.15, 0.2) is 28.9 Å². The predicted octanol–water partition coefficient (Wildman–Crippen LogP) is 2.46. The van der Waals surface area contributed by atoms with E-state index in [9.17, 15) is 5.11 Å². The number of benzene rings is 1. The van der Waals surface area contributed by atoms with Gasteiger partial charge in [0.25, 0.3) is 0 Å². The van der Waals surface area contributed by atoms with Crippen LogP contribution in [-0.4, -0.2) is 33.1 Å². The Hall–Kier alpha value is -1.18. The number of aliphatic hydroxyl groups excluding tert-OH is 1. The number of aryl methyl sites for hydroxylation is 1. The van der Waals surface area contributed by atoms with Gasteiger partial charge in [0.1, 0.15) is 18.9 Å². The third-order valence-corrected chi connectivity index (χ3v) is 3.45. The minimum absolute atomic E-state index is 0.186. The van der Waals surface area contributed by atoms with Crippen LogP contribution in [0.4, 0.5) is 5.69 Å². The molecule has 2 N–H and O–H groups in total. The van der Waals surface area contributed by atoms with E-state index in [4.69, 9.17) is 4.74 Å². The molecule has 0 aliphatic carbocycles. The van der Waals surface area contributed by atoms with Crippen LogP contribution in [0.5, 0.6) is 5.88 Å². The summed E-state index contributed by atoms with van der Waals surface area (Å²) in [5.74, 6) is 0.447. The molecule has 1 atom stereocenters. The second kappa shape index (κ2) is 6.83. The molecule has 0 aliphatic rings. The molecule has 0 aliphatic heterocycles. The number of halogens is 1. The molecule has 0 bridgehead atoms. The highest BCUT2D eigenvalue weighted by atomic mass is 79.9. The Labute approximate surface area is 124 Å². The lowest BCUT2D eigenvalue weighted by molar-refractivity contribution is 0.115. The van der Waals surface area contributed by atoms with Crippen LogP contribution in [0.25, 0.3) is 0 Å². The molecule has 0 saturated heterocycles. The molecule has 2 aromatic rings. The van der Waals surface area contributed by atoms with Crippen LogP contribution in [-0.2, 0) is 0 Å². The predicted molar refractivity (Wildman–Crippen MR) is 78.8 cm³/mol. The Morgan fingerprint density at radius 1 is 1.53 bits per heavy atom. The van der Waals surface area contributed by atoms with E-state index in [2.05, 4.69) is 30.0 Å². The molecule has 1 aromatic heterocycles. The molecule has 1 heterocycles. The molecule has 1 unspecified atom stereocenters. The van der Waals surface area contributed by atoms with E-state index >= 15 is 0 Å². The van der Waals surface area contributed by atoms with Gasteiger partial charge in [-0.25, -0.2) is 0 Å². The summed E-state index contributed by atoms with van der Waals surface area (Å²) in [5.41, 5.74) is 2.11. The highest BCUT2D eigenvalue weighted by Crippen LogP contribution is 2.20. The fourth-order valence-electron chi connectivity index (χ4n) is 1.47. The maximum atomic E-state index is 9.83. The van der Waals surface area contributed by atoms with Crippen molar-refractivity contribution in [2.75, 3.05) is 18.5 Å². The zero-order valence-electron chi connectivity index (χ0n) is 10.3. The monoisotopic (exact) mass is 343 g/mol. The first-order chi connectivity index (χ1) is 9.15. The van der Waals surface area contributed by atoms with Gasteiger partial charge in [-0.05, 0) is 24.6 Å². The average Bonchev–Trinajstić information content (AvgIpc) is 2.90. The maximum Gasteiger partial charge on any atom is 0.245 e. The molecule has 1 aromatic carbocycles. The molecule has 0 amide bonds. The number of nitrogens with zero attached hydrogens (tertiary/aromatic N) is 2. The van der Waals surface area contributed by atoms with Gasteiger partial charge in [0.2, 0.25) is 5.88 Å². The zero-order chi connectivity index (χ0) is 13.7. The highest BCUT2D eigenvalue weighted by molar-refractivity contribution is 9.10. The number of ether oxygens (including phenoxy) is 1. The van der Waals surface area contributed by atoms with E-state index in [-0.39, 0.29) is 6.61 Å². The molecular formula is C12H14BrN3O2S. The first-order valence-electron chi connectivity index (χ1n) is 5.73. The maximum absolute atomic E-state index is 9.83. The van der Waals surface area contributed by atoms with Crippen LogP contribution in [0.1, 0.15) is 5.56 Å². The first kappa shape index (κ1) is 14.2. The lowest BCUT2D eigenvalue weighted by Crippen LogP contribution is -2.26. The highest BCUT2D eigenvalue weighted by Gasteiger charge is 2.07. The Morgan fingerprint density at radius 2 is 2.37 bits per heavy atom. The quantitative estimate of drug-likeness (QED) is 0.843. The van der Waals surface area contributed by atoms with Crippen molar-refractivity contribution in [1.82, 2.24) is 8.75 Å². The number of nitrogens with one attached hydrogen (secondary N) is 1. The molecule has 102 valence electrons. The third-order valence-electron chi connectivity index (χ3n) is 2.49. The van der Waals surface area contributed by atoms with Gasteiger partial charge in [-0.3, -0.25) is 0 Å². The normalized spacial score (nSPS) is 12.2. The molecule has 19 heavy (non-hydrogen) atoms. The van der Waals surface area contributed by atoms with Gasteiger partial charge in [-0.1, -0.05) is 22.0 Å². The van der Waals surface area contributed by atoms with Gasteiger partial charge in [0.05, 0.1) is 11.7 Å². The summed E-state index contributed by atoms with van der Waals surface area (Å²) in [6.07, 6.45) is 0.920. The van der Waals surface area contributed by atoms with Crippen LogP contribution < -0.4 is 10.1 Å². The summed E-state index contributed by atoms with van der Waals surface area (Å²) >= 11 is 4.50. The summed E-state index contributed by atoms with van der Waals surface area (Å²) < 4.78 is 14.0. The van der Waals surface area contributed by atoms with Crippen LogP contribution >= 0.6 is 27.7 Å². The van der Waals surface area contributed by atoms with E-state index in [1.807, 2.05) is 25.1 Å². The molecule has 5 nitrogen and oxygen atoms in total. The fourth-order valence-corrected chi connectivity index (χ4v) is 2.20. The largest absolute Gasteiger partial charge is 0.473 e. The topological polar surface area (TPSA) is 67.3 Å². The van der Waals surface area contributed by atoms with E-state index in [0.717, 1.165) is 27.5 Å². The molecule has 0 radical (unpaired) electrons.